The van der Waals surface area contributed by atoms with Crippen molar-refractivity contribution >= 4 is 13.9 Å². The molecule has 80 valence electrons. The molecular formula is C10H24GeO2. The van der Waals surface area contributed by atoms with E-state index in [4.69, 9.17) is 7.53 Å². The summed E-state index contributed by atoms with van der Waals surface area (Å²) in [6.07, 6.45) is 0. The van der Waals surface area contributed by atoms with E-state index in [9.17, 15) is 0 Å². The van der Waals surface area contributed by atoms with Crippen LogP contribution in [-0.2, 0) is 7.53 Å². The summed E-state index contributed by atoms with van der Waals surface area (Å²) in [5.74, 6) is 0. The van der Waals surface area contributed by atoms with Gasteiger partial charge in [0.15, 0.2) is 0 Å². The first-order valence-electron chi connectivity index (χ1n) is 4.72. The molecule has 0 aliphatic heterocycles. The normalized spacial score (nSPS) is 14.8. The van der Waals surface area contributed by atoms with Gasteiger partial charge in [-0.1, -0.05) is 0 Å². The van der Waals surface area contributed by atoms with Crippen LogP contribution < -0.4 is 0 Å². The Bertz CT molecular complexity index is 145. The summed E-state index contributed by atoms with van der Waals surface area (Å²) in [6, 6.07) is 0. The molecule has 0 aliphatic carbocycles. The maximum absolute atomic E-state index is 5.78. The van der Waals surface area contributed by atoms with Gasteiger partial charge in [-0.25, -0.2) is 0 Å². The quantitative estimate of drug-likeness (QED) is 0.698. The van der Waals surface area contributed by atoms with E-state index in [1.807, 2.05) is 0 Å². The Morgan fingerprint density at radius 1 is 0.692 bits per heavy atom. The van der Waals surface area contributed by atoms with Crippen LogP contribution in [0.25, 0.3) is 0 Å². The summed E-state index contributed by atoms with van der Waals surface area (Å²) in [6.45, 7) is 13.3. The molecule has 3 heteroatoms. The van der Waals surface area contributed by atoms with Gasteiger partial charge in [0.25, 0.3) is 0 Å². The average molecular weight is 249 g/mol. The molecule has 2 nitrogen and oxygen atoms in total. The molecule has 0 aromatic carbocycles. The van der Waals surface area contributed by atoms with Crippen LogP contribution in [0.4, 0.5) is 0 Å². The van der Waals surface area contributed by atoms with Crippen molar-refractivity contribution in [3.8, 4) is 0 Å². The minimum atomic E-state index is -2.71. The van der Waals surface area contributed by atoms with Crippen LogP contribution in [0.1, 0.15) is 41.5 Å². The summed E-state index contributed by atoms with van der Waals surface area (Å²) in [7, 11) is 3.58. The molecule has 0 radical (unpaired) electrons. The molecule has 0 unspecified atom stereocenters. The fourth-order valence-corrected chi connectivity index (χ4v) is 12.6. The first-order valence-corrected chi connectivity index (χ1v) is 8.54. The number of rotatable bonds is 2. The van der Waals surface area contributed by atoms with E-state index in [0.717, 1.165) is 0 Å². The van der Waals surface area contributed by atoms with E-state index >= 15 is 0 Å². The molecule has 0 spiro atoms. The van der Waals surface area contributed by atoms with Gasteiger partial charge in [-0.15, -0.1) is 0 Å². The fraction of sp³-hybridized carbons (Fsp3) is 1.00. The number of hydrogen-bond donors (Lipinski definition) is 0. The van der Waals surface area contributed by atoms with Gasteiger partial charge < -0.3 is 0 Å². The third-order valence-electron chi connectivity index (χ3n) is 2.55. The Morgan fingerprint density at radius 3 is 0.923 bits per heavy atom. The van der Waals surface area contributed by atoms with Gasteiger partial charge in [-0.2, -0.15) is 0 Å². The summed E-state index contributed by atoms with van der Waals surface area (Å²) >= 11 is -2.71. The van der Waals surface area contributed by atoms with Crippen LogP contribution in [0.15, 0.2) is 0 Å². The van der Waals surface area contributed by atoms with Gasteiger partial charge in [0.05, 0.1) is 0 Å². The van der Waals surface area contributed by atoms with E-state index < -0.39 is 13.9 Å². The molecule has 0 aromatic heterocycles. The Balaban J connectivity index is 5.17. The van der Waals surface area contributed by atoms with Gasteiger partial charge >= 0.3 is 85.7 Å². The summed E-state index contributed by atoms with van der Waals surface area (Å²) in [5.41, 5.74) is 0. The van der Waals surface area contributed by atoms with Crippen molar-refractivity contribution in [1.82, 2.24) is 0 Å². The van der Waals surface area contributed by atoms with E-state index in [-0.39, 0.29) is 8.49 Å². The first-order chi connectivity index (χ1) is 5.62. The Labute approximate surface area is 86.0 Å². The van der Waals surface area contributed by atoms with Crippen molar-refractivity contribution in [3.63, 3.8) is 0 Å². The zero-order chi connectivity index (χ0) is 10.9. The van der Waals surface area contributed by atoms with Gasteiger partial charge in [0, 0.05) is 0 Å². The van der Waals surface area contributed by atoms with Gasteiger partial charge in [0.2, 0.25) is 0 Å². The topological polar surface area (TPSA) is 18.5 Å². The SMILES string of the molecule is C[O][Ge]([O]C)([C](C)(C)C)[C](C)(C)C. The molecule has 0 amide bonds. The molecule has 0 saturated carbocycles. The summed E-state index contributed by atoms with van der Waals surface area (Å²) in [5, 5.41) is 0. The van der Waals surface area contributed by atoms with Crippen LogP contribution in [0.5, 0.6) is 0 Å². The standard InChI is InChI=1S/C10H24GeO2/c1-9(2,3)11(12-7,13-8)10(4,5)6/h1-8H3. The van der Waals surface area contributed by atoms with Crippen molar-refractivity contribution in [2.45, 2.75) is 50.0 Å². The summed E-state index contributed by atoms with van der Waals surface area (Å²) in [4.78, 5) is 0. The Kier molecular flexibility index (Phi) is 4.05. The van der Waals surface area contributed by atoms with Crippen molar-refractivity contribution in [2.24, 2.45) is 0 Å². The second kappa shape index (κ2) is 3.91. The van der Waals surface area contributed by atoms with Crippen LogP contribution in [0, 0.1) is 0 Å². The predicted molar refractivity (Wildman–Crippen MR) is 59.2 cm³/mol. The van der Waals surface area contributed by atoms with Crippen molar-refractivity contribution in [1.29, 1.82) is 0 Å². The predicted octanol–water partition coefficient (Wildman–Crippen LogP) is 3.32. The molecule has 0 atom stereocenters. The number of hydrogen-bond acceptors (Lipinski definition) is 2. The second-order valence-electron chi connectivity index (χ2n) is 5.52. The molecule has 0 aromatic rings. The third-order valence-corrected chi connectivity index (χ3v) is 13.2. The zero-order valence-corrected chi connectivity index (χ0v) is 12.4. The van der Waals surface area contributed by atoms with Crippen LogP contribution >= 0.6 is 0 Å². The fourth-order valence-electron chi connectivity index (χ4n) is 2.43. The second-order valence-corrected chi connectivity index (χ2v) is 16.1. The van der Waals surface area contributed by atoms with E-state index in [1.165, 1.54) is 0 Å². The van der Waals surface area contributed by atoms with Gasteiger partial charge in [0.1, 0.15) is 0 Å². The molecule has 0 heterocycles. The third kappa shape index (κ3) is 2.28. The zero-order valence-electron chi connectivity index (χ0n) is 10.3. The monoisotopic (exact) mass is 250 g/mol. The molecule has 0 N–H and O–H groups in total. The molecular weight excluding hydrogens is 225 g/mol. The Hall–Kier alpha value is 0.463. The maximum atomic E-state index is 5.78. The van der Waals surface area contributed by atoms with Gasteiger partial charge in [-0.3, -0.25) is 0 Å². The Morgan fingerprint density at radius 2 is 0.923 bits per heavy atom. The molecule has 0 rings (SSSR count). The van der Waals surface area contributed by atoms with E-state index in [0.29, 0.717) is 0 Å². The summed E-state index contributed by atoms with van der Waals surface area (Å²) < 4.78 is 11.8. The van der Waals surface area contributed by atoms with Crippen molar-refractivity contribution < 1.29 is 7.53 Å². The average Bonchev–Trinajstić information content (AvgIpc) is 1.84. The first kappa shape index (κ1) is 13.5. The molecule has 13 heavy (non-hydrogen) atoms. The van der Waals surface area contributed by atoms with Crippen molar-refractivity contribution in [3.05, 3.63) is 0 Å². The molecule has 0 bridgehead atoms. The van der Waals surface area contributed by atoms with Crippen molar-refractivity contribution in [2.75, 3.05) is 14.2 Å². The van der Waals surface area contributed by atoms with Crippen LogP contribution in [0.2, 0.25) is 8.49 Å². The molecule has 0 fully saturated rings. The molecule has 0 aliphatic rings. The molecule has 0 saturated heterocycles. The van der Waals surface area contributed by atoms with Crippen LogP contribution in [-0.4, -0.2) is 28.2 Å². The van der Waals surface area contributed by atoms with E-state index in [2.05, 4.69) is 41.5 Å². The van der Waals surface area contributed by atoms with E-state index in [1.54, 1.807) is 14.2 Å². The van der Waals surface area contributed by atoms with Crippen LogP contribution in [0.3, 0.4) is 0 Å². The minimum absolute atomic E-state index is 0.141. The van der Waals surface area contributed by atoms with Gasteiger partial charge in [-0.05, 0) is 0 Å².